The molecule has 1 N–H and O–H groups in total. The molecule has 116 valence electrons. The molecule has 2 fully saturated rings. The summed E-state index contributed by atoms with van der Waals surface area (Å²) < 4.78 is 0. The zero-order valence-electron chi connectivity index (χ0n) is 12.6. The smallest absolute Gasteiger partial charge is 0.244 e. The van der Waals surface area contributed by atoms with E-state index in [-0.39, 0.29) is 11.7 Å². The van der Waals surface area contributed by atoms with Gasteiger partial charge in [-0.15, -0.1) is 11.3 Å². The number of thiophene rings is 1. The molecule has 3 rings (SSSR count). The summed E-state index contributed by atoms with van der Waals surface area (Å²) in [6, 6.07) is 4.22. The maximum Gasteiger partial charge on any atom is 0.244 e. The molecule has 1 amide bonds. The van der Waals surface area contributed by atoms with Crippen molar-refractivity contribution in [1.29, 1.82) is 0 Å². The van der Waals surface area contributed by atoms with Crippen molar-refractivity contribution in [2.75, 3.05) is 18.6 Å². The molecule has 0 bridgehead atoms. The Kier molecular flexibility index (Phi) is 4.92. The monoisotopic (exact) mass is 324 g/mol. The van der Waals surface area contributed by atoms with Crippen LogP contribution in [0.15, 0.2) is 17.5 Å². The van der Waals surface area contributed by atoms with Crippen LogP contribution in [0.1, 0.15) is 49.6 Å². The van der Waals surface area contributed by atoms with Gasteiger partial charge in [0.25, 0.3) is 0 Å². The average Bonchev–Trinajstić information content (AvgIpc) is 2.96. The molecule has 1 saturated heterocycles. The van der Waals surface area contributed by atoms with Gasteiger partial charge in [-0.3, -0.25) is 10.1 Å². The first-order valence-corrected chi connectivity index (χ1v) is 10.2. The van der Waals surface area contributed by atoms with E-state index in [2.05, 4.69) is 34.0 Å². The maximum atomic E-state index is 12.6. The Bertz CT molecular complexity index is 471. The highest BCUT2D eigenvalue weighted by Crippen LogP contribution is 2.46. The van der Waals surface area contributed by atoms with E-state index >= 15 is 0 Å². The second-order valence-corrected chi connectivity index (χ2v) is 8.01. The number of rotatable bonds is 8. The van der Waals surface area contributed by atoms with Crippen molar-refractivity contribution in [3.05, 3.63) is 22.4 Å². The molecule has 21 heavy (non-hydrogen) atoms. The molecule has 1 saturated carbocycles. The van der Waals surface area contributed by atoms with Gasteiger partial charge in [-0.2, -0.15) is 11.8 Å². The van der Waals surface area contributed by atoms with Gasteiger partial charge in [0.2, 0.25) is 5.91 Å². The lowest BCUT2D eigenvalue weighted by Crippen LogP contribution is -2.32. The van der Waals surface area contributed by atoms with Gasteiger partial charge in [-0.1, -0.05) is 18.9 Å². The second-order valence-electron chi connectivity index (χ2n) is 6.05. The van der Waals surface area contributed by atoms with E-state index in [4.69, 9.17) is 0 Å². The van der Waals surface area contributed by atoms with Crippen molar-refractivity contribution in [2.45, 2.75) is 50.2 Å². The first-order valence-electron chi connectivity index (χ1n) is 7.88. The summed E-state index contributed by atoms with van der Waals surface area (Å²) >= 11 is 3.66. The molecular weight excluding hydrogens is 300 g/mol. The first-order chi connectivity index (χ1) is 10.3. The Hall–Kier alpha value is -0.520. The molecule has 3 nitrogen and oxygen atoms in total. The fraction of sp³-hybridized carbons (Fsp3) is 0.688. The molecule has 1 aromatic rings. The number of carbonyl (C=O) groups excluding carboxylic acids is 1. The van der Waals surface area contributed by atoms with Crippen molar-refractivity contribution in [3.8, 4) is 0 Å². The lowest BCUT2D eigenvalue weighted by Gasteiger charge is -2.23. The van der Waals surface area contributed by atoms with Crippen molar-refractivity contribution < 1.29 is 4.79 Å². The summed E-state index contributed by atoms with van der Waals surface area (Å²) in [7, 11) is 0. The van der Waals surface area contributed by atoms with Crippen molar-refractivity contribution in [3.63, 3.8) is 0 Å². The highest BCUT2D eigenvalue weighted by atomic mass is 32.2. The number of thioether (sulfide) groups is 1. The fourth-order valence-corrected chi connectivity index (χ4v) is 4.34. The average molecular weight is 325 g/mol. The van der Waals surface area contributed by atoms with Crippen molar-refractivity contribution in [1.82, 2.24) is 10.2 Å². The zero-order valence-corrected chi connectivity index (χ0v) is 14.3. The van der Waals surface area contributed by atoms with E-state index in [0.29, 0.717) is 5.91 Å². The van der Waals surface area contributed by atoms with Gasteiger partial charge in [0, 0.05) is 11.4 Å². The lowest BCUT2D eigenvalue weighted by atomic mass is 10.2. The summed E-state index contributed by atoms with van der Waals surface area (Å²) in [5.74, 6) is 1.59. The number of hydrogen-bond donors (Lipinski definition) is 1. The van der Waals surface area contributed by atoms with Crippen molar-refractivity contribution in [2.24, 2.45) is 0 Å². The zero-order chi connectivity index (χ0) is 14.7. The number of amides is 1. The quantitative estimate of drug-likeness (QED) is 0.741. The molecule has 2 heterocycles. The molecule has 1 atom stereocenters. The molecule has 1 spiro atoms. The Morgan fingerprint density at radius 3 is 2.86 bits per heavy atom. The highest BCUT2D eigenvalue weighted by Gasteiger charge is 2.59. The van der Waals surface area contributed by atoms with Gasteiger partial charge >= 0.3 is 0 Å². The third kappa shape index (κ3) is 3.30. The Balaban J connectivity index is 1.55. The minimum atomic E-state index is -0.201. The maximum absolute atomic E-state index is 12.6. The van der Waals surface area contributed by atoms with E-state index in [9.17, 15) is 4.79 Å². The summed E-state index contributed by atoms with van der Waals surface area (Å²) in [5.41, 5.74) is -0.201. The van der Waals surface area contributed by atoms with Gasteiger partial charge < -0.3 is 4.90 Å². The molecule has 1 aliphatic carbocycles. The Morgan fingerprint density at radius 2 is 2.19 bits per heavy atom. The SMILES string of the molecule is CSCCCCCCN1C(=O)C2(CC2)NC1c1cccs1. The molecule has 1 unspecified atom stereocenters. The standard InChI is InChI=1S/C16H24N2OS2/c1-20-11-5-3-2-4-10-18-14(13-7-6-12-21-13)17-16(8-9-16)15(18)19/h6-7,12,14,17H,2-5,8-11H2,1H3. The summed E-state index contributed by atoms with van der Waals surface area (Å²) in [5, 5.41) is 5.69. The molecule has 2 aliphatic rings. The van der Waals surface area contributed by atoms with Crippen LogP contribution >= 0.6 is 23.1 Å². The largest absolute Gasteiger partial charge is 0.320 e. The van der Waals surface area contributed by atoms with Crippen LogP contribution in [0, 0.1) is 0 Å². The Morgan fingerprint density at radius 1 is 1.38 bits per heavy atom. The minimum Gasteiger partial charge on any atom is -0.320 e. The highest BCUT2D eigenvalue weighted by molar-refractivity contribution is 7.98. The minimum absolute atomic E-state index is 0.117. The van der Waals surface area contributed by atoms with E-state index in [1.165, 1.54) is 29.9 Å². The summed E-state index contributed by atoms with van der Waals surface area (Å²) in [6.45, 7) is 0.898. The summed E-state index contributed by atoms with van der Waals surface area (Å²) in [4.78, 5) is 16.0. The van der Waals surface area contributed by atoms with Gasteiger partial charge in [-0.05, 0) is 49.1 Å². The molecule has 1 aromatic heterocycles. The number of nitrogens with zero attached hydrogens (tertiary/aromatic N) is 1. The third-order valence-corrected chi connectivity index (χ3v) is 6.08. The van der Waals surface area contributed by atoms with Crippen LogP contribution in [0.4, 0.5) is 0 Å². The van der Waals surface area contributed by atoms with Gasteiger partial charge in [-0.25, -0.2) is 0 Å². The normalized spacial score (nSPS) is 23.2. The van der Waals surface area contributed by atoms with E-state index in [0.717, 1.165) is 25.8 Å². The lowest BCUT2D eigenvalue weighted by molar-refractivity contribution is -0.130. The second kappa shape index (κ2) is 6.71. The first kappa shape index (κ1) is 15.4. The predicted octanol–water partition coefficient (Wildman–Crippen LogP) is 3.63. The molecule has 0 radical (unpaired) electrons. The number of carbonyl (C=O) groups is 1. The predicted molar refractivity (Wildman–Crippen MR) is 90.7 cm³/mol. The van der Waals surface area contributed by atoms with Crippen LogP contribution in [0.2, 0.25) is 0 Å². The number of unbranched alkanes of at least 4 members (excludes halogenated alkanes) is 3. The molecule has 5 heteroatoms. The van der Waals surface area contributed by atoms with Crippen molar-refractivity contribution >= 4 is 29.0 Å². The van der Waals surface area contributed by atoms with Gasteiger partial charge in [0.15, 0.2) is 0 Å². The molecule has 0 aromatic carbocycles. The molecule has 1 aliphatic heterocycles. The summed E-state index contributed by atoms with van der Waals surface area (Å²) in [6.07, 6.45) is 9.24. The van der Waals surface area contributed by atoms with Gasteiger partial charge in [0.05, 0.1) is 0 Å². The fourth-order valence-electron chi connectivity index (χ4n) is 3.06. The van der Waals surface area contributed by atoms with Gasteiger partial charge in [0.1, 0.15) is 11.7 Å². The van der Waals surface area contributed by atoms with Crippen LogP contribution in [0.3, 0.4) is 0 Å². The van der Waals surface area contributed by atoms with E-state index in [1.807, 2.05) is 11.8 Å². The van der Waals surface area contributed by atoms with Crippen LogP contribution < -0.4 is 5.32 Å². The number of nitrogens with one attached hydrogen (secondary N) is 1. The van der Waals surface area contributed by atoms with Crippen LogP contribution in [-0.4, -0.2) is 34.9 Å². The topological polar surface area (TPSA) is 32.3 Å². The van der Waals surface area contributed by atoms with E-state index < -0.39 is 0 Å². The third-order valence-electron chi connectivity index (χ3n) is 4.46. The Labute approximate surface area is 135 Å². The van der Waals surface area contributed by atoms with Crippen LogP contribution in [0.25, 0.3) is 0 Å². The molecular formula is C16H24N2OS2. The van der Waals surface area contributed by atoms with E-state index in [1.54, 1.807) is 11.3 Å². The number of hydrogen-bond acceptors (Lipinski definition) is 4. The van der Waals surface area contributed by atoms with Crippen LogP contribution in [0.5, 0.6) is 0 Å². The van der Waals surface area contributed by atoms with Crippen LogP contribution in [-0.2, 0) is 4.79 Å².